The molecule has 28 nitrogen and oxygen atoms in total. The van der Waals surface area contributed by atoms with Gasteiger partial charge in [0, 0.05) is 171 Å². The van der Waals surface area contributed by atoms with E-state index in [2.05, 4.69) is 177 Å². The van der Waals surface area contributed by atoms with Crippen molar-refractivity contribution in [3.8, 4) is 0 Å². The van der Waals surface area contributed by atoms with Crippen LogP contribution in [0.4, 0.5) is 68.2 Å². The fourth-order valence-electron chi connectivity index (χ4n) is 15.6. The van der Waals surface area contributed by atoms with E-state index in [0.717, 1.165) is 185 Å². The molecule has 0 aliphatic rings. The van der Waals surface area contributed by atoms with Crippen LogP contribution in [0.15, 0.2) is 76.7 Å². The van der Waals surface area contributed by atoms with Crippen LogP contribution in [0, 0.1) is 43.3 Å². The largest absolute Gasteiger partial charge is 0.382 e. The lowest BCUT2D eigenvalue weighted by molar-refractivity contribution is 0.365. The molecule has 8 rings (SSSR count). The topological polar surface area (TPSA) is 330 Å². The highest BCUT2D eigenvalue weighted by atomic mass is 16.2. The first-order valence-electron chi connectivity index (χ1n) is 50.2. The summed E-state index contributed by atoms with van der Waals surface area (Å²) in [6.07, 6.45) is 15.0. The first kappa shape index (κ1) is 126. The number of hydrogen-bond acceptors (Lipinski definition) is 28. The maximum Gasteiger partial charge on any atom is 0.253 e. The normalized spacial score (nSPS) is 12.0. The van der Waals surface area contributed by atoms with E-state index in [1.54, 1.807) is 23.9 Å². The molecule has 138 heavy (non-hydrogen) atoms. The van der Waals surface area contributed by atoms with Crippen molar-refractivity contribution in [3.63, 3.8) is 0 Å². The van der Waals surface area contributed by atoms with E-state index in [4.69, 9.17) is 0 Å². The predicted molar refractivity (Wildman–Crippen MR) is 592 cm³/mol. The molecule has 2 N–H and O–H groups in total. The third-order valence-corrected chi connectivity index (χ3v) is 24.6. The summed E-state index contributed by atoms with van der Waals surface area (Å²) in [6, 6.07) is 0. The van der Waals surface area contributed by atoms with Crippen LogP contribution in [-0.4, -0.2) is 149 Å². The standard InChI is InChI=1S/C15H26N2O2.C15H25NO2.C14H24N2O2.C14H23NO2.2C13H22N2O2.2C13H21NO2/c1-7-17(8-2)12-11(13(18)14(12)19)16(6)10-9-15(3,4)5;1-6-16(7-2)12-11(13(17)14(12)18)9-8-10-15(3,4)5;1-7-15(5)10-11(13(18)12(10)17)16(6)9-8-14(2,3)4;1-6-15(5)11-10(12(16)13(11)17)8-7-9-14(2,3)4;1-13(2,3)7-8-15(6)10-9(14(4)5)11(16)12(10)17;1-6-14-9-10(12(17)11(9)16)15(5)8-7-13(2,3)4;1-13(2,3)8-6-7-9-10(14(4)5)12(16)11(9)15;1-5-14-10-9(11(15)12(10)16)7-6-8-13(2,3)4/h7-10H2,1-6H3;6-10H2,1-5H3;7-9H2,1-6H3;6-9H2,1-5H3;7-8H2,1-6H3;14H,6-8H2,1-5H3;6-8H2,1-5H3;14H,5-8H2,1-4H3. The van der Waals surface area contributed by atoms with E-state index >= 15 is 0 Å². The SMILES string of the molecule is CCN(C)c1c(CCCC(C)(C)C)c(=O)c1=O.CCN(C)c1c(N(C)CCC(C)(C)C)c(=O)c1=O.CCN(CC)c1c(CCCC(C)(C)C)c(=O)c1=O.CCN(CC)c1c(N(C)CCC(C)(C)C)c(=O)c1=O.CCNc1c(CCCC(C)(C)C)c(=O)c1=O.CCNc1c(N(C)CCC(C)(C)C)c(=O)c1=O.CN(C)c1c(CCCC(C)(C)C)c(=O)c1=O.CN(C)c1c(N(C)CCC(C)(C)C)c(=O)c1=O. The quantitative estimate of drug-likeness (QED) is 0.0337. The molecule has 0 radical (unpaired) electrons. The average Bonchev–Trinajstić information content (AvgIpc) is 0.752. The van der Waals surface area contributed by atoms with Crippen molar-refractivity contribution in [1.82, 2.24) is 0 Å². The van der Waals surface area contributed by atoms with Crippen LogP contribution in [-0.2, 0) is 25.7 Å². The van der Waals surface area contributed by atoms with Gasteiger partial charge in [0.15, 0.2) is 0 Å². The molecule has 0 aromatic heterocycles. The molecule has 0 fully saturated rings. The number of nitrogens with one attached hydrogen (secondary N) is 2. The van der Waals surface area contributed by atoms with E-state index < -0.39 is 0 Å². The fraction of sp³-hybridized carbons (Fsp3) is 0.709. The number of anilines is 12. The molecule has 780 valence electrons. The minimum absolute atomic E-state index is 0.223. The van der Waals surface area contributed by atoms with Crippen molar-refractivity contribution in [1.29, 1.82) is 0 Å². The molecule has 8 aromatic rings. The Bertz CT molecular complexity index is 5750. The number of nitrogens with zero attached hydrogens (tertiary/aromatic N) is 10. The molecule has 0 aliphatic heterocycles. The van der Waals surface area contributed by atoms with Crippen molar-refractivity contribution >= 4 is 68.2 Å². The van der Waals surface area contributed by atoms with Crippen LogP contribution < -0.4 is 146 Å². The monoisotopic (exact) mass is 1930 g/mol. The molecule has 8 aromatic carbocycles. The van der Waals surface area contributed by atoms with Crippen molar-refractivity contribution in [2.45, 2.75) is 324 Å². The van der Waals surface area contributed by atoms with Crippen LogP contribution in [0.25, 0.3) is 0 Å². The lowest BCUT2D eigenvalue weighted by Gasteiger charge is -2.31. The molecule has 28 heteroatoms. The molecular weight excluding hydrogens is 1750 g/mol. The predicted octanol–water partition coefficient (Wildman–Crippen LogP) is 14.8. The van der Waals surface area contributed by atoms with Crippen LogP contribution in [0.5, 0.6) is 0 Å². The van der Waals surface area contributed by atoms with Crippen LogP contribution in [0.3, 0.4) is 0 Å². The second-order valence-electron chi connectivity index (χ2n) is 47.2. The van der Waals surface area contributed by atoms with Gasteiger partial charge < -0.3 is 59.6 Å². The molecule has 0 heterocycles. The summed E-state index contributed by atoms with van der Waals surface area (Å²) >= 11 is 0. The molecular formula is C110H184N12O16. The Hall–Kier alpha value is -9.76. The first-order valence-corrected chi connectivity index (χ1v) is 50.2. The van der Waals surface area contributed by atoms with E-state index in [1.807, 2.05) is 151 Å². The summed E-state index contributed by atoms with van der Waals surface area (Å²) in [5.41, 5.74) is 6.73. The van der Waals surface area contributed by atoms with Gasteiger partial charge in [0.05, 0.1) is 22.7 Å². The zero-order valence-electron chi connectivity index (χ0n) is 93.8. The summed E-state index contributed by atoms with van der Waals surface area (Å²) in [4.78, 5) is 203. The van der Waals surface area contributed by atoms with Crippen LogP contribution in [0.2, 0.25) is 0 Å². The van der Waals surface area contributed by atoms with Gasteiger partial charge in [-0.05, 0) is 201 Å². The van der Waals surface area contributed by atoms with Gasteiger partial charge in [0.25, 0.3) is 43.4 Å². The lowest BCUT2D eigenvalue weighted by Crippen LogP contribution is -2.45. The van der Waals surface area contributed by atoms with E-state index in [1.165, 1.54) is 0 Å². The molecule has 0 aliphatic carbocycles. The van der Waals surface area contributed by atoms with Gasteiger partial charge in [-0.1, -0.05) is 166 Å². The molecule has 0 bridgehead atoms. The Morgan fingerprint density at radius 3 is 0.688 bits per heavy atom. The van der Waals surface area contributed by atoms with Gasteiger partial charge in [-0.15, -0.1) is 0 Å². The Balaban J connectivity index is 0.000000789. The maximum atomic E-state index is 11.8. The van der Waals surface area contributed by atoms with Gasteiger partial charge in [0.2, 0.25) is 43.4 Å². The zero-order chi connectivity index (χ0) is 107. The summed E-state index contributed by atoms with van der Waals surface area (Å²) < 4.78 is 0. The van der Waals surface area contributed by atoms with E-state index in [-0.39, 0.29) is 130 Å². The maximum absolute atomic E-state index is 11.8. The van der Waals surface area contributed by atoms with Crippen molar-refractivity contribution in [2.75, 3.05) is 209 Å². The number of hydrogen-bond donors (Lipinski definition) is 2. The average molecular weight is 1930 g/mol. The third kappa shape index (κ3) is 38.0. The molecule has 0 saturated carbocycles. The highest BCUT2D eigenvalue weighted by Gasteiger charge is 2.34. The highest BCUT2D eigenvalue weighted by Crippen LogP contribution is 2.33. The molecule has 0 amide bonds. The summed E-state index contributed by atoms with van der Waals surface area (Å²) in [6.45, 7) is 77.1. The Labute approximate surface area is 825 Å². The van der Waals surface area contributed by atoms with Crippen LogP contribution in [0.1, 0.15) is 321 Å². The van der Waals surface area contributed by atoms with E-state index in [9.17, 15) is 76.7 Å². The minimum atomic E-state index is -0.385. The van der Waals surface area contributed by atoms with Crippen molar-refractivity contribution in [3.05, 3.63) is 186 Å². The molecule has 0 atom stereocenters. The summed E-state index contributed by atoms with van der Waals surface area (Å²) in [5, 5.41) is 5.93. The Kier molecular flexibility index (Phi) is 49.2. The minimum Gasteiger partial charge on any atom is -0.382 e. The zero-order valence-corrected chi connectivity index (χ0v) is 93.8. The van der Waals surface area contributed by atoms with Gasteiger partial charge >= 0.3 is 0 Å². The molecule has 0 saturated heterocycles. The second-order valence-corrected chi connectivity index (χ2v) is 47.2. The summed E-state index contributed by atoms with van der Waals surface area (Å²) in [7, 11) is 18.4. The van der Waals surface area contributed by atoms with Crippen molar-refractivity contribution < 1.29 is 0 Å². The van der Waals surface area contributed by atoms with Crippen molar-refractivity contribution in [2.24, 2.45) is 43.3 Å². The molecule has 0 unspecified atom stereocenters. The molecule has 0 spiro atoms. The van der Waals surface area contributed by atoms with E-state index in [0.29, 0.717) is 86.9 Å². The highest BCUT2D eigenvalue weighted by molar-refractivity contribution is 5.78. The Morgan fingerprint density at radius 2 is 0.391 bits per heavy atom. The lowest BCUT2D eigenvalue weighted by atomic mass is 9.88. The smallest absolute Gasteiger partial charge is 0.253 e. The van der Waals surface area contributed by atoms with Gasteiger partial charge in [-0.25, -0.2) is 0 Å². The number of rotatable bonds is 40. The second kappa shape index (κ2) is 53.7. The first-order chi connectivity index (χ1) is 63.0. The summed E-state index contributed by atoms with van der Waals surface area (Å²) in [5.74, 6) is 0. The Morgan fingerprint density at radius 1 is 0.188 bits per heavy atom. The van der Waals surface area contributed by atoms with Gasteiger partial charge in [-0.2, -0.15) is 0 Å². The fourth-order valence-corrected chi connectivity index (χ4v) is 15.6. The van der Waals surface area contributed by atoms with Crippen LogP contribution >= 0.6 is 0 Å². The van der Waals surface area contributed by atoms with Gasteiger partial charge in [-0.3, -0.25) is 76.7 Å². The third-order valence-electron chi connectivity index (χ3n) is 24.6. The van der Waals surface area contributed by atoms with Gasteiger partial charge in [0.1, 0.15) is 45.5 Å².